The molecular formula is C32H34Br2N2O4. The van der Waals surface area contributed by atoms with Gasteiger partial charge >= 0.3 is 0 Å². The molecule has 0 saturated heterocycles. The third-order valence-corrected chi connectivity index (χ3v) is 8.76. The predicted molar refractivity (Wildman–Crippen MR) is 163 cm³/mol. The molecule has 0 atom stereocenters. The quantitative estimate of drug-likeness (QED) is 0.344. The standard InChI is InChI=1S/C32H34Br2N2O4/c1-17-7-6-8-19(9-17)35-26(39)16-40-30-20(10-18(33)11-21(30)34)27-28-22(12-31(2,3)14-24(28)37)36-23-13-32(4,5)15-25(38)29(23)27/h6-11,27,36H,12-16H2,1-5H3,(H,35,39). The van der Waals surface area contributed by atoms with Gasteiger partial charge in [-0.3, -0.25) is 14.4 Å². The summed E-state index contributed by atoms with van der Waals surface area (Å²) in [7, 11) is 0. The Labute approximate surface area is 252 Å². The molecule has 0 spiro atoms. The maximum Gasteiger partial charge on any atom is 0.262 e. The lowest BCUT2D eigenvalue weighted by atomic mass is 9.64. The number of allylic oxidation sites excluding steroid dienone is 4. The number of carbonyl (C=O) groups is 3. The van der Waals surface area contributed by atoms with Crippen molar-refractivity contribution >= 4 is 55.0 Å². The lowest BCUT2D eigenvalue weighted by molar-refractivity contribution is -0.120. The Bertz CT molecular complexity index is 1450. The Hall–Kier alpha value is -2.71. The molecule has 5 rings (SSSR count). The van der Waals surface area contributed by atoms with E-state index < -0.39 is 5.92 Å². The van der Waals surface area contributed by atoms with Crippen molar-refractivity contribution in [1.82, 2.24) is 5.32 Å². The second-order valence-corrected chi connectivity index (χ2v) is 14.5. The van der Waals surface area contributed by atoms with Crippen molar-refractivity contribution < 1.29 is 19.1 Å². The Morgan fingerprint density at radius 3 is 2.12 bits per heavy atom. The van der Waals surface area contributed by atoms with E-state index in [1.54, 1.807) is 0 Å². The van der Waals surface area contributed by atoms with Crippen LogP contribution in [0.5, 0.6) is 5.75 Å². The summed E-state index contributed by atoms with van der Waals surface area (Å²) in [5.41, 5.74) is 5.07. The average molecular weight is 670 g/mol. The molecule has 2 aliphatic carbocycles. The summed E-state index contributed by atoms with van der Waals surface area (Å²) in [4.78, 5) is 40.4. The van der Waals surface area contributed by atoms with Crippen LogP contribution in [0.15, 0.2) is 67.9 Å². The van der Waals surface area contributed by atoms with E-state index in [4.69, 9.17) is 4.74 Å². The molecule has 8 heteroatoms. The zero-order chi connectivity index (χ0) is 29.0. The number of Topliss-reactive ketones (excluding diaryl/α,β-unsaturated/α-hetero) is 2. The molecule has 2 aromatic carbocycles. The number of benzene rings is 2. The molecule has 6 nitrogen and oxygen atoms in total. The minimum atomic E-state index is -0.581. The van der Waals surface area contributed by atoms with Crippen molar-refractivity contribution in [3.8, 4) is 5.75 Å². The van der Waals surface area contributed by atoms with Gasteiger partial charge in [0.15, 0.2) is 18.2 Å². The highest BCUT2D eigenvalue weighted by molar-refractivity contribution is 9.11. The molecular weight excluding hydrogens is 636 g/mol. The number of nitrogens with one attached hydrogen (secondary N) is 2. The van der Waals surface area contributed by atoms with Crippen LogP contribution in [-0.4, -0.2) is 24.1 Å². The molecule has 2 aromatic rings. The van der Waals surface area contributed by atoms with Gasteiger partial charge in [0.05, 0.1) is 4.47 Å². The third-order valence-electron chi connectivity index (χ3n) is 7.72. The van der Waals surface area contributed by atoms with E-state index >= 15 is 0 Å². The Kier molecular flexibility index (Phi) is 7.64. The van der Waals surface area contributed by atoms with Crippen molar-refractivity contribution in [1.29, 1.82) is 0 Å². The summed E-state index contributed by atoms with van der Waals surface area (Å²) in [5, 5.41) is 6.43. The first-order chi connectivity index (χ1) is 18.7. The molecule has 0 bridgehead atoms. The van der Waals surface area contributed by atoms with Gasteiger partial charge in [0.1, 0.15) is 5.75 Å². The zero-order valence-corrected chi connectivity index (χ0v) is 26.6. The van der Waals surface area contributed by atoms with Gasteiger partial charge in [0.25, 0.3) is 5.91 Å². The maximum absolute atomic E-state index is 13.8. The van der Waals surface area contributed by atoms with Gasteiger partial charge in [-0.1, -0.05) is 55.8 Å². The van der Waals surface area contributed by atoms with Crippen molar-refractivity contribution in [3.05, 3.63) is 79.0 Å². The molecule has 0 aromatic heterocycles. The van der Waals surface area contributed by atoms with Crippen LogP contribution in [0.1, 0.15) is 70.4 Å². The monoisotopic (exact) mass is 668 g/mol. The fraction of sp³-hybridized carbons (Fsp3) is 0.406. The van der Waals surface area contributed by atoms with E-state index in [2.05, 4.69) is 70.2 Å². The largest absolute Gasteiger partial charge is 0.482 e. The van der Waals surface area contributed by atoms with Crippen LogP contribution in [0, 0.1) is 17.8 Å². The summed E-state index contributed by atoms with van der Waals surface area (Å²) in [6, 6.07) is 11.3. The molecule has 0 fully saturated rings. The number of rotatable bonds is 5. The smallest absolute Gasteiger partial charge is 0.262 e. The van der Waals surface area contributed by atoms with E-state index in [0.717, 1.165) is 21.4 Å². The fourth-order valence-electron chi connectivity index (χ4n) is 6.20. The number of carbonyl (C=O) groups excluding carboxylic acids is 3. The highest BCUT2D eigenvalue weighted by Gasteiger charge is 2.47. The molecule has 1 heterocycles. The number of ether oxygens (including phenoxy) is 1. The minimum Gasteiger partial charge on any atom is -0.482 e. The highest BCUT2D eigenvalue weighted by atomic mass is 79.9. The first-order valence-corrected chi connectivity index (χ1v) is 15.1. The highest BCUT2D eigenvalue weighted by Crippen LogP contribution is 2.53. The van der Waals surface area contributed by atoms with E-state index in [1.165, 1.54) is 0 Å². The molecule has 2 N–H and O–H groups in total. The van der Waals surface area contributed by atoms with Crippen molar-refractivity contribution in [3.63, 3.8) is 0 Å². The average Bonchev–Trinajstić information content (AvgIpc) is 2.80. The zero-order valence-electron chi connectivity index (χ0n) is 23.5. The summed E-state index contributed by atoms with van der Waals surface area (Å²) in [5.74, 6) is -0.368. The van der Waals surface area contributed by atoms with E-state index in [0.29, 0.717) is 58.3 Å². The van der Waals surface area contributed by atoms with Crippen LogP contribution < -0.4 is 15.4 Å². The molecule has 0 saturated carbocycles. The number of dihydropyridines is 1. The SMILES string of the molecule is Cc1cccc(NC(=O)COc2c(Br)cc(Br)cc2C2C3=C(CC(C)(C)CC3=O)NC3=C2C(=O)CC(C)(C)C3)c1. The number of hydrogen-bond acceptors (Lipinski definition) is 5. The molecule has 0 radical (unpaired) electrons. The van der Waals surface area contributed by atoms with Crippen LogP contribution in [0.2, 0.25) is 0 Å². The first-order valence-electron chi connectivity index (χ1n) is 13.5. The number of halogens is 2. The van der Waals surface area contributed by atoms with E-state index in [9.17, 15) is 14.4 Å². The van der Waals surface area contributed by atoms with Crippen LogP contribution in [0.3, 0.4) is 0 Å². The van der Waals surface area contributed by atoms with Crippen molar-refractivity contribution in [2.75, 3.05) is 11.9 Å². The second-order valence-electron chi connectivity index (χ2n) is 12.7. The Balaban J connectivity index is 1.58. The van der Waals surface area contributed by atoms with Gasteiger partial charge in [0, 0.05) is 57.0 Å². The van der Waals surface area contributed by atoms with E-state index in [-0.39, 0.29) is 34.9 Å². The van der Waals surface area contributed by atoms with Crippen LogP contribution in [-0.2, 0) is 14.4 Å². The number of ketones is 2. The van der Waals surface area contributed by atoms with Crippen LogP contribution in [0.4, 0.5) is 5.69 Å². The molecule has 210 valence electrons. The predicted octanol–water partition coefficient (Wildman–Crippen LogP) is 7.51. The van der Waals surface area contributed by atoms with Gasteiger partial charge in [-0.05, 0) is 76.4 Å². The van der Waals surface area contributed by atoms with Crippen molar-refractivity contribution in [2.24, 2.45) is 10.8 Å². The summed E-state index contributed by atoms with van der Waals surface area (Å²) in [6.07, 6.45) is 2.22. The van der Waals surface area contributed by atoms with Gasteiger partial charge in [-0.15, -0.1) is 0 Å². The molecule has 40 heavy (non-hydrogen) atoms. The first kappa shape index (κ1) is 28.8. The second kappa shape index (κ2) is 10.6. The summed E-state index contributed by atoms with van der Waals surface area (Å²) in [6.45, 7) is 10.1. The molecule has 1 aliphatic heterocycles. The van der Waals surface area contributed by atoms with Crippen molar-refractivity contribution in [2.45, 2.75) is 66.2 Å². The van der Waals surface area contributed by atoms with Gasteiger partial charge in [0.2, 0.25) is 0 Å². The maximum atomic E-state index is 13.8. The van der Waals surface area contributed by atoms with Crippen LogP contribution >= 0.6 is 31.9 Å². The number of amides is 1. The summed E-state index contributed by atoms with van der Waals surface area (Å²) < 4.78 is 7.60. The lowest BCUT2D eigenvalue weighted by Gasteiger charge is -2.44. The number of aryl methyl sites for hydroxylation is 1. The van der Waals surface area contributed by atoms with Gasteiger partial charge in [-0.2, -0.15) is 0 Å². The van der Waals surface area contributed by atoms with Crippen LogP contribution in [0.25, 0.3) is 0 Å². The Morgan fingerprint density at radius 1 is 0.950 bits per heavy atom. The lowest BCUT2D eigenvalue weighted by Crippen LogP contribution is -2.42. The normalized spacial score (nSPS) is 20.1. The summed E-state index contributed by atoms with van der Waals surface area (Å²) >= 11 is 7.23. The van der Waals surface area contributed by atoms with Gasteiger partial charge in [-0.25, -0.2) is 0 Å². The number of anilines is 1. The molecule has 1 amide bonds. The molecule has 0 unspecified atom stereocenters. The minimum absolute atomic E-state index is 0.0344. The molecule has 3 aliphatic rings. The topological polar surface area (TPSA) is 84.5 Å². The third kappa shape index (κ3) is 5.84. The number of hydrogen-bond donors (Lipinski definition) is 2. The van der Waals surface area contributed by atoms with Gasteiger partial charge < -0.3 is 15.4 Å². The Morgan fingerprint density at radius 2 is 1.55 bits per heavy atom. The fourth-order valence-corrected chi connectivity index (χ4v) is 7.58. The van der Waals surface area contributed by atoms with E-state index in [1.807, 2.05) is 43.3 Å².